The van der Waals surface area contributed by atoms with Crippen molar-refractivity contribution >= 4 is 23.0 Å². The maximum absolute atomic E-state index is 12.6. The summed E-state index contributed by atoms with van der Waals surface area (Å²) in [6.07, 6.45) is -23.0. The molecule has 4 aromatic rings. The molecule has 0 spiro atoms. The van der Waals surface area contributed by atoms with E-state index in [4.69, 9.17) is 42.3 Å². The van der Waals surface area contributed by atoms with E-state index >= 15 is 0 Å². The molecule has 1 aromatic heterocycles. The van der Waals surface area contributed by atoms with E-state index < -0.39 is 129 Å². The molecule has 24 heteroatoms. The number of methoxy groups -OCH3 is 1. The number of hydrogen-bond donors (Lipinski definition) is 13. The van der Waals surface area contributed by atoms with Gasteiger partial charge in [-0.15, -0.1) is 0 Å². The topological polar surface area (TPSA) is 365 Å². The molecule has 3 aromatic carbocycles. The van der Waals surface area contributed by atoms with Gasteiger partial charge in [-0.3, -0.25) is 0 Å². The molecule has 3 aliphatic heterocycles. The number of esters is 1. The number of aromatic hydroxyl groups is 4. The number of carbonyl (C=O) groups is 1. The van der Waals surface area contributed by atoms with Gasteiger partial charge < -0.3 is 117 Å². The quantitative estimate of drug-likeness (QED) is 0.0261. The van der Waals surface area contributed by atoms with Crippen molar-refractivity contribution in [2.24, 2.45) is 0 Å². The molecule has 0 radical (unpaired) electrons. The van der Waals surface area contributed by atoms with Crippen molar-refractivity contribution in [1.82, 2.24) is 0 Å². The maximum atomic E-state index is 12.6. The smallest absolute Gasteiger partial charge is 0.402 e. The van der Waals surface area contributed by atoms with E-state index in [-0.39, 0.29) is 57.7 Å². The lowest BCUT2D eigenvalue weighted by atomic mass is 9.98. The van der Waals surface area contributed by atoms with Gasteiger partial charge in [-0.25, -0.2) is 9.21 Å². The van der Waals surface area contributed by atoms with E-state index in [1.807, 2.05) is 0 Å². The predicted molar refractivity (Wildman–Crippen MR) is 219 cm³/mol. The summed E-state index contributed by atoms with van der Waals surface area (Å²) in [5.41, 5.74) is 0.350. The van der Waals surface area contributed by atoms with Gasteiger partial charge in [0.1, 0.15) is 83.7 Å². The average molecular weight is 969 g/mol. The standard InChI is InChI=1S/C43H48O23.ClH/c1-16-39(66-29(48)8-5-17-3-6-19(45)7-4-17)35(54)38(57)41(60-16)59-15-28-32(51)34(53)37(56)43(65-28)63-26-13-21-23(61-40(26)18-9-22(47)30(49)25(10-18)58-2)11-20(46)12-24(21)62-42-36(55)33(52)31(50)27(14-44)64-42;/h3-13,16,27-28,31-39,41-44,50-57H,14-15H2,1-2H3,(H3-,45,46,47,48,49);1H/t16-,27+,28+,31+,32+,33-,34-,35-,36+,37+,38+,39-,41-,42+,43+;/m0./s1. The molecule has 0 amide bonds. The van der Waals surface area contributed by atoms with Crippen molar-refractivity contribution in [2.75, 3.05) is 20.3 Å². The van der Waals surface area contributed by atoms with Crippen LogP contribution in [0.15, 0.2) is 65.1 Å². The van der Waals surface area contributed by atoms with Crippen LogP contribution in [0, 0.1) is 0 Å². The number of phenols is 4. The second-order valence-corrected chi connectivity index (χ2v) is 15.6. The third-order valence-corrected chi connectivity index (χ3v) is 11.1. The molecule has 0 bridgehead atoms. The lowest BCUT2D eigenvalue weighted by Gasteiger charge is -2.42. The molecule has 366 valence electrons. The molecule has 13 N–H and O–H groups in total. The SMILES string of the molecule is COc1cc(-c2[o+]c3cc(O)cc(O[C@@H]4O[C@H](CO)[C@@H](O)[C@H](O)[C@H]4O)c3cc2O[C@@H]2O[C@H](CO[C@H]3O[C@@H](C)[C@H](OC(=O)C=Cc4ccc(O)cc4)[C@@H](O)[C@H]3O)[C@@H](O)[C@H](O)[C@H]2O)cc(O)c1O.[Cl-]. The third-order valence-electron chi connectivity index (χ3n) is 11.1. The fourth-order valence-corrected chi connectivity index (χ4v) is 7.42. The Hall–Kier alpha value is -5.35. The largest absolute Gasteiger partial charge is 1.00 e. The van der Waals surface area contributed by atoms with Crippen LogP contribution in [-0.4, -0.2) is 185 Å². The van der Waals surface area contributed by atoms with E-state index in [1.165, 1.54) is 44.4 Å². The van der Waals surface area contributed by atoms with Gasteiger partial charge in [0.25, 0.3) is 0 Å². The summed E-state index contributed by atoms with van der Waals surface area (Å²) < 4.78 is 51.3. The van der Waals surface area contributed by atoms with Gasteiger partial charge in [-0.05, 0) is 30.7 Å². The molecule has 67 heavy (non-hydrogen) atoms. The minimum atomic E-state index is -2.01. The van der Waals surface area contributed by atoms with E-state index in [0.717, 1.165) is 24.3 Å². The van der Waals surface area contributed by atoms with Crippen molar-refractivity contribution < 1.29 is 126 Å². The summed E-state index contributed by atoms with van der Waals surface area (Å²) >= 11 is 0. The van der Waals surface area contributed by atoms with Crippen LogP contribution in [-0.2, 0) is 28.5 Å². The number of phenolic OH excluding ortho intramolecular Hbond substituents is 4. The Morgan fingerprint density at radius 2 is 1.30 bits per heavy atom. The number of carbonyl (C=O) groups excluding carboxylic acids is 1. The number of rotatable bonds is 13. The molecule has 3 saturated heterocycles. The monoisotopic (exact) mass is 968 g/mol. The van der Waals surface area contributed by atoms with Crippen molar-refractivity contribution in [2.45, 2.75) is 99.0 Å². The second kappa shape index (κ2) is 21.3. The number of fused-ring (bicyclic) bond motifs is 1. The Morgan fingerprint density at radius 3 is 1.94 bits per heavy atom. The molecule has 15 atom stereocenters. The molecule has 23 nitrogen and oxygen atoms in total. The normalized spacial score (nSPS) is 32.1. The van der Waals surface area contributed by atoms with Crippen LogP contribution in [0.4, 0.5) is 0 Å². The van der Waals surface area contributed by atoms with Gasteiger partial charge in [-0.2, -0.15) is 0 Å². The van der Waals surface area contributed by atoms with Gasteiger partial charge in [0.2, 0.25) is 24.1 Å². The van der Waals surface area contributed by atoms with E-state index in [9.17, 15) is 71.2 Å². The van der Waals surface area contributed by atoms with Crippen LogP contribution in [0.5, 0.6) is 40.2 Å². The lowest BCUT2D eigenvalue weighted by molar-refractivity contribution is -0.319. The fraction of sp³-hybridized carbons (Fsp3) is 0.442. The molecule has 4 heterocycles. The Kier molecular flexibility index (Phi) is 16.2. The minimum absolute atomic E-state index is 0. The highest BCUT2D eigenvalue weighted by atomic mass is 35.5. The van der Waals surface area contributed by atoms with Crippen molar-refractivity contribution in [3.63, 3.8) is 0 Å². The first kappa shape index (κ1) is 51.0. The fourth-order valence-electron chi connectivity index (χ4n) is 7.42. The maximum Gasteiger partial charge on any atom is 0.402 e. The van der Waals surface area contributed by atoms with E-state index in [1.54, 1.807) is 12.1 Å². The van der Waals surface area contributed by atoms with Crippen LogP contribution < -0.4 is 26.6 Å². The van der Waals surface area contributed by atoms with Gasteiger partial charge >= 0.3 is 17.3 Å². The Morgan fingerprint density at radius 1 is 0.687 bits per heavy atom. The van der Waals surface area contributed by atoms with Gasteiger partial charge in [0.15, 0.2) is 23.9 Å². The molecular weight excluding hydrogens is 920 g/mol. The highest BCUT2D eigenvalue weighted by Crippen LogP contribution is 2.46. The highest BCUT2D eigenvalue weighted by Gasteiger charge is 2.50. The summed E-state index contributed by atoms with van der Waals surface area (Å²) in [6.45, 7) is -0.0302. The van der Waals surface area contributed by atoms with Gasteiger partial charge in [-0.1, -0.05) is 12.1 Å². The van der Waals surface area contributed by atoms with Crippen LogP contribution >= 0.6 is 0 Å². The third kappa shape index (κ3) is 10.9. The number of ether oxygens (including phenoxy) is 8. The number of aliphatic hydroxyl groups excluding tert-OH is 9. The Balaban J connectivity index is 0.00000741. The number of halogens is 1. The summed E-state index contributed by atoms with van der Waals surface area (Å²) in [4.78, 5) is 12.6. The van der Waals surface area contributed by atoms with Crippen LogP contribution in [0.3, 0.4) is 0 Å². The zero-order chi connectivity index (χ0) is 47.7. The molecule has 3 aliphatic rings. The minimum Gasteiger partial charge on any atom is -1.00 e. The van der Waals surface area contributed by atoms with Gasteiger partial charge in [0.05, 0.1) is 38.1 Å². The van der Waals surface area contributed by atoms with Gasteiger partial charge in [0, 0.05) is 30.3 Å². The van der Waals surface area contributed by atoms with Crippen LogP contribution in [0.1, 0.15) is 12.5 Å². The lowest BCUT2D eigenvalue weighted by Crippen LogP contribution is -3.00. The summed E-state index contributed by atoms with van der Waals surface area (Å²) in [5, 5.41) is 137. The van der Waals surface area contributed by atoms with E-state index in [2.05, 4.69) is 0 Å². The number of benzene rings is 3. The first-order valence-electron chi connectivity index (χ1n) is 20.3. The van der Waals surface area contributed by atoms with E-state index in [0.29, 0.717) is 5.56 Å². The zero-order valence-corrected chi connectivity index (χ0v) is 36.0. The molecule has 7 rings (SSSR count). The molecule has 0 saturated carbocycles. The Bertz CT molecular complexity index is 2370. The molecule has 3 fully saturated rings. The molecule has 0 unspecified atom stereocenters. The average Bonchev–Trinajstić information content (AvgIpc) is 3.29. The van der Waals surface area contributed by atoms with Crippen LogP contribution in [0.25, 0.3) is 28.4 Å². The molecule has 0 aliphatic carbocycles. The zero-order valence-electron chi connectivity index (χ0n) is 35.2. The van der Waals surface area contributed by atoms with Crippen molar-refractivity contribution in [1.29, 1.82) is 0 Å². The first-order valence-corrected chi connectivity index (χ1v) is 20.3. The summed E-state index contributed by atoms with van der Waals surface area (Å²) in [6, 6.07) is 11.6. The predicted octanol–water partition coefficient (Wildman–Crippen LogP) is -4.31. The van der Waals surface area contributed by atoms with Crippen LogP contribution in [0.2, 0.25) is 0 Å². The van der Waals surface area contributed by atoms with Crippen molar-refractivity contribution in [3.8, 4) is 51.6 Å². The highest BCUT2D eigenvalue weighted by molar-refractivity contribution is 5.89. The number of aliphatic hydroxyl groups is 9. The molecular formula is C43H49ClO23. The second-order valence-electron chi connectivity index (χ2n) is 15.6. The summed E-state index contributed by atoms with van der Waals surface area (Å²) in [5.74, 6) is -3.85. The summed E-state index contributed by atoms with van der Waals surface area (Å²) in [7, 11) is 1.20. The first-order chi connectivity index (χ1) is 31.4. The number of hydrogen-bond acceptors (Lipinski definition) is 22. The Labute approximate surface area is 385 Å². The van der Waals surface area contributed by atoms with Crippen molar-refractivity contribution in [3.05, 3.63) is 66.2 Å².